The molecule has 8 heterocycles. The maximum absolute atomic E-state index is 13.5. The lowest BCUT2D eigenvalue weighted by Gasteiger charge is -2.47. The van der Waals surface area contributed by atoms with Crippen LogP contribution in [0.3, 0.4) is 0 Å². The molecule has 5 aliphatic rings. The minimum absolute atomic E-state index is 0.0924. The Morgan fingerprint density at radius 1 is 0.852 bits per heavy atom. The number of amides is 4. The molecule has 3 atom stereocenters. The number of fused-ring (bicyclic) bond motifs is 2. The number of carbonyl (C=O) groups is 4. The predicted molar refractivity (Wildman–Crippen MR) is 231 cm³/mol. The van der Waals surface area contributed by atoms with Gasteiger partial charge in [-0.3, -0.25) is 39.0 Å². The van der Waals surface area contributed by atoms with Crippen molar-refractivity contribution < 1.29 is 23.9 Å². The maximum atomic E-state index is 13.5. The fraction of sp³-hybridized carbons (Fsp3) is 0.545. The lowest BCUT2D eigenvalue weighted by Crippen LogP contribution is -2.58. The molecule has 9 rings (SSSR count). The molecule has 17 nitrogen and oxygen atoms in total. The molecule has 4 fully saturated rings. The minimum atomic E-state index is -0.979. The van der Waals surface area contributed by atoms with E-state index in [4.69, 9.17) is 19.8 Å². The van der Waals surface area contributed by atoms with E-state index in [-0.39, 0.29) is 43.0 Å². The Morgan fingerprint density at radius 2 is 1.57 bits per heavy atom. The molecular formula is C44H56N12O5. The molecule has 0 radical (unpaired) electrons. The Balaban J connectivity index is 0.815. The lowest BCUT2D eigenvalue weighted by atomic mass is 9.94. The van der Waals surface area contributed by atoms with E-state index in [0.29, 0.717) is 34.6 Å². The van der Waals surface area contributed by atoms with Crippen LogP contribution in [0.4, 0.5) is 29.1 Å². The van der Waals surface area contributed by atoms with Crippen LogP contribution in [0.1, 0.15) is 93.0 Å². The number of anilines is 5. The van der Waals surface area contributed by atoms with Gasteiger partial charge in [-0.15, -0.1) is 0 Å². The number of nitrogens with one attached hydrogen (secondary N) is 2. The number of imide groups is 2. The van der Waals surface area contributed by atoms with E-state index in [9.17, 15) is 19.2 Å². The van der Waals surface area contributed by atoms with Crippen molar-refractivity contribution in [1.29, 1.82) is 0 Å². The number of rotatable bonds is 10. The fourth-order valence-electron chi connectivity index (χ4n) is 10.1. The van der Waals surface area contributed by atoms with Crippen molar-refractivity contribution in [3.63, 3.8) is 0 Å². The normalized spacial score (nSPS) is 23.4. The van der Waals surface area contributed by atoms with Crippen molar-refractivity contribution in [2.45, 2.75) is 96.5 Å². The highest BCUT2D eigenvalue weighted by Crippen LogP contribution is 2.36. The van der Waals surface area contributed by atoms with E-state index in [0.717, 1.165) is 98.8 Å². The van der Waals surface area contributed by atoms with Crippen molar-refractivity contribution in [3.05, 3.63) is 53.9 Å². The second-order valence-electron chi connectivity index (χ2n) is 17.7. The summed E-state index contributed by atoms with van der Waals surface area (Å²) in [6.45, 7) is 15.1. The summed E-state index contributed by atoms with van der Waals surface area (Å²) >= 11 is 0. The number of piperidine rings is 3. The van der Waals surface area contributed by atoms with Crippen molar-refractivity contribution in [2.75, 3.05) is 72.9 Å². The molecule has 5 aliphatic heterocycles. The highest BCUT2D eigenvalue weighted by Gasteiger charge is 2.45. The van der Waals surface area contributed by atoms with Crippen LogP contribution >= 0.6 is 0 Å². The molecule has 0 saturated carbocycles. The maximum Gasteiger partial charge on any atom is 0.262 e. The van der Waals surface area contributed by atoms with Crippen LogP contribution in [-0.4, -0.2) is 135 Å². The third-order valence-electron chi connectivity index (χ3n) is 13.2. The summed E-state index contributed by atoms with van der Waals surface area (Å²) in [5, 5.41) is 11.9. The monoisotopic (exact) mass is 832 g/mol. The molecule has 4 saturated heterocycles. The molecule has 4 aromatic rings. The largest absolute Gasteiger partial charge is 0.381 e. The molecule has 3 unspecified atom stereocenters. The molecule has 61 heavy (non-hydrogen) atoms. The average molecular weight is 833 g/mol. The van der Waals surface area contributed by atoms with Gasteiger partial charge in [0.1, 0.15) is 17.7 Å². The van der Waals surface area contributed by atoms with E-state index >= 15 is 0 Å². The Bertz CT molecular complexity index is 2320. The van der Waals surface area contributed by atoms with Gasteiger partial charge in [-0.1, -0.05) is 0 Å². The number of ether oxygens (including phenoxy) is 1. The van der Waals surface area contributed by atoms with Crippen LogP contribution in [0.5, 0.6) is 0 Å². The summed E-state index contributed by atoms with van der Waals surface area (Å²) in [6.07, 6.45) is 8.29. The number of nitrogens with zero attached hydrogens (tertiary/aromatic N) is 10. The summed E-state index contributed by atoms with van der Waals surface area (Å²) in [5.74, 6) is 1.70. The van der Waals surface area contributed by atoms with Crippen LogP contribution in [0, 0.1) is 5.92 Å². The van der Waals surface area contributed by atoms with Crippen LogP contribution < -0.4 is 25.3 Å². The zero-order valence-electron chi connectivity index (χ0n) is 35.7. The SMILES string of the molecule is COC1CCN(c2nccc(Nc3cc4c(cn3)c(N3CCC(CN5CC(C)N(c6ccc7c(c6)C(=O)N(C6CCC(=O)NC6=O)C7=O)C(C)C5)CC3)nn4C(C)C)n2)CC1. The molecule has 0 spiro atoms. The highest BCUT2D eigenvalue weighted by molar-refractivity contribution is 6.23. The quantitative estimate of drug-likeness (QED) is 0.216. The Morgan fingerprint density at radius 3 is 2.28 bits per heavy atom. The third-order valence-corrected chi connectivity index (χ3v) is 13.2. The van der Waals surface area contributed by atoms with Crippen LogP contribution in [-0.2, 0) is 14.3 Å². The van der Waals surface area contributed by atoms with E-state index in [1.165, 1.54) is 0 Å². The zero-order valence-corrected chi connectivity index (χ0v) is 35.7. The van der Waals surface area contributed by atoms with Gasteiger partial charge in [-0.25, -0.2) is 9.97 Å². The third kappa shape index (κ3) is 7.89. The van der Waals surface area contributed by atoms with Gasteiger partial charge in [0, 0.05) is 102 Å². The van der Waals surface area contributed by atoms with Gasteiger partial charge < -0.3 is 24.8 Å². The standard InChI is InChI=1S/C44H56N12O5/c1-26(2)56-36-21-38(47-37-10-15-45-44(48-37)53-18-13-31(61-5)14-19-53)46-22-34(36)40(50-56)52-16-11-29(12-17-52)25-51-23-27(3)54(28(4)24-51)30-6-7-32-33(20-30)43(60)55(42(32)59)35-8-9-39(57)49-41(35)58/h6-7,10,15,20-22,26-29,31,35H,8-9,11-14,16-19,23-25H2,1-5H3,(H,49,57,58)(H,45,46,47,48). The summed E-state index contributed by atoms with van der Waals surface area (Å²) < 4.78 is 7.63. The molecule has 2 N–H and O–H groups in total. The first kappa shape index (κ1) is 40.7. The molecule has 0 aliphatic carbocycles. The summed E-state index contributed by atoms with van der Waals surface area (Å²) in [4.78, 5) is 75.9. The predicted octanol–water partition coefficient (Wildman–Crippen LogP) is 4.38. The second kappa shape index (κ2) is 16.6. The van der Waals surface area contributed by atoms with Gasteiger partial charge in [-0.05, 0) is 90.0 Å². The lowest BCUT2D eigenvalue weighted by molar-refractivity contribution is -0.136. The first-order valence-electron chi connectivity index (χ1n) is 21.8. The van der Waals surface area contributed by atoms with Crippen molar-refractivity contribution in [3.8, 4) is 0 Å². The zero-order chi connectivity index (χ0) is 42.5. The number of hydrogen-bond acceptors (Lipinski definition) is 14. The van der Waals surface area contributed by atoms with Crippen molar-refractivity contribution in [2.24, 2.45) is 5.92 Å². The summed E-state index contributed by atoms with van der Waals surface area (Å²) in [5.41, 5.74) is 2.53. The number of methoxy groups -OCH3 is 1. The second-order valence-corrected chi connectivity index (χ2v) is 17.7. The van der Waals surface area contributed by atoms with Gasteiger partial charge >= 0.3 is 0 Å². The summed E-state index contributed by atoms with van der Waals surface area (Å²) in [6, 6.07) is 8.90. The summed E-state index contributed by atoms with van der Waals surface area (Å²) in [7, 11) is 1.77. The van der Waals surface area contributed by atoms with Gasteiger partial charge in [0.25, 0.3) is 11.8 Å². The van der Waals surface area contributed by atoms with Gasteiger partial charge in [-0.2, -0.15) is 10.1 Å². The van der Waals surface area contributed by atoms with Crippen LogP contribution in [0.15, 0.2) is 42.7 Å². The van der Waals surface area contributed by atoms with E-state index < -0.39 is 23.8 Å². The number of benzene rings is 1. The number of hydrogen-bond donors (Lipinski definition) is 2. The Labute approximate surface area is 355 Å². The minimum Gasteiger partial charge on any atom is -0.381 e. The van der Waals surface area contributed by atoms with E-state index in [1.54, 1.807) is 25.4 Å². The number of pyridine rings is 1. The first-order chi connectivity index (χ1) is 29.4. The Kier molecular flexibility index (Phi) is 11.1. The molecule has 3 aromatic heterocycles. The molecular weight excluding hydrogens is 777 g/mol. The molecule has 4 amide bonds. The number of carbonyl (C=O) groups excluding carboxylic acids is 4. The number of aromatic nitrogens is 5. The highest BCUT2D eigenvalue weighted by atomic mass is 16.5. The smallest absolute Gasteiger partial charge is 0.262 e. The Hall–Kier alpha value is -5.68. The topological polar surface area (TPSA) is 174 Å². The first-order valence-corrected chi connectivity index (χ1v) is 21.8. The molecule has 17 heteroatoms. The molecule has 322 valence electrons. The van der Waals surface area contributed by atoms with Gasteiger partial charge in [0.2, 0.25) is 17.8 Å². The average Bonchev–Trinajstić information content (AvgIpc) is 3.75. The van der Waals surface area contributed by atoms with E-state index in [1.807, 2.05) is 18.3 Å². The fourth-order valence-corrected chi connectivity index (χ4v) is 10.1. The molecule has 1 aromatic carbocycles. The van der Waals surface area contributed by atoms with Crippen molar-refractivity contribution in [1.82, 2.24) is 39.8 Å². The molecule has 0 bridgehead atoms. The van der Waals surface area contributed by atoms with Crippen LogP contribution in [0.2, 0.25) is 0 Å². The van der Waals surface area contributed by atoms with Crippen LogP contribution in [0.25, 0.3) is 10.9 Å². The van der Waals surface area contributed by atoms with Gasteiger partial charge in [0.15, 0.2) is 5.82 Å². The van der Waals surface area contributed by atoms with Gasteiger partial charge in [0.05, 0.1) is 28.1 Å². The number of piperazine rings is 1. The van der Waals surface area contributed by atoms with Crippen molar-refractivity contribution >= 4 is 63.6 Å². The van der Waals surface area contributed by atoms with E-state index in [2.05, 4.69) is 73.7 Å².